The first kappa shape index (κ1) is 13.3. The number of phenolic OH excluding ortho intramolecular Hbond substituents is 1. The van der Waals surface area contributed by atoms with Gasteiger partial charge in [-0.2, -0.15) is 0 Å². The van der Waals surface area contributed by atoms with Gasteiger partial charge in [0.1, 0.15) is 11.5 Å². The molecule has 1 atom stereocenters. The fourth-order valence-electron chi connectivity index (χ4n) is 1.86. The molecule has 1 aliphatic carbocycles. The number of rotatable bonds is 2. The zero-order valence-electron chi connectivity index (χ0n) is 10.3. The second-order valence-electron chi connectivity index (χ2n) is 4.26. The molecule has 0 amide bonds. The van der Waals surface area contributed by atoms with Crippen LogP contribution in [0.5, 0.6) is 5.75 Å². The van der Waals surface area contributed by atoms with E-state index >= 15 is 0 Å². The lowest BCUT2D eigenvalue weighted by Gasteiger charge is -2.25. The Balaban J connectivity index is 2.47. The predicted molar refractivity (Wildman–Crippen MR) is 68.4 cm³/mol. The summed E-state index contributed by atoms with van der Waals surface area (Å²) in [6.45, 7) is 0. The minimum absolute atomic E-state index is 0.0308. The van der Waals surface area contributed by atoms with Gasteiger partial charge in [0.2, 0.25) is 0 Å². The number of Topliss-reactive ketones (excluding diaryl/α,β-unsaturated/α-hetero) is 1. The van der Waals surface area contributed by atoms with Gasteiger partial charge in [-0.05, 0) is 24.3 Å². The zero-order chi connectivity index (χ0) is 14.0. The van der Waals surface area contributed by atoms with Crippen LogP contribution in [0.4, 0.5) is 0 Å². The molecule has 1 aromatic rings. The van der Waals surface area contributed by atoms with Gasteiger partial charge in [-0.25, -0.2) is 0 Å². The van der Waals surface area contributed by atoms with Crippen LogP contribution in [-0.2, 0) is 9.53 Å². The fraction of sp³-hybridized carbons (Fsp3) is 0.214. The van der Waals surface area contributed by atoms with Crippen LogP contribution in [0.15, 0.2) is 42.0 Å². The normalized spacial score (nSPS) is 25.5. The Morgan fingerprint density at radius 2 is 2.05 bits per heavy atom. The van der Waals surface area contributed by atoms with E-state index in [0.29, 0.717) is 0 Å². The van der Waals surface area contributed by atoms with Crippen molar-refractivity contribution in [1.29, 1.82) is 0 Å². The van der Waals surface area contributed by atoms with Crippen LogP contribution in [-0.4, -0.2) is 34.0 Å². The molecule has 0 aliphatic heterocycles. The van der Waals surface area contributed by atoms with Crippen LogP contribution in [0.1, 0.15) is 12.0 Å². The summed E-state index contributed by atoms with van der Waals surface area (Å²) in [7, 11) is 1.29. The number of methoxy groups -OCH3 is 1. The molecule has 0 saturated carbocycles. The van der Waals surface area contributed by atoms with Crippen molar-refractivity contribution in [3.05, 3.63) is 47.6 Å². The quantitative estimate of drug-likeness (QED) is 0.427. The summed E-state index contributed by atoms with van der Waals surface area (Å²) >= 11 is 0. The minimum atomic E-state index is -1.64. The number of aliphatic hydroxyl groups is 2. The average molecular weight is 262 g/mol. The highest BCUT2D eigenvalue weighted by atomic mass is 16.6. The molecule has 1 unspecified atom stereocenters. The number of phenols is 1. The maximum absolute atomic E-state index is 11.9. The van der Waals surface area contributed by atoms with Gasteiger partial charge < -0.3 is 20.1 Å². The first-order valence-corrected chi connectivity index (χ1v) is 5.68. The third-order valence-corrected chi connectivity index (χ3v) is 2.99. The van der Waals surface area contributed by atoms with Crippen LogP contribution >= 0.6 is 0 Å². The van der Waals surface area contributed by atoms with E-state index in [-0.39, 0.29) is 29.1 Å². The highest BCUT2D eigenvalue weighted by Gasteiger charge is 2.33. The Morgan fingerprint density at radius 3 is 2.63 bits per heavy atom. The standard InChI is InChI=1S/C14H14O5/c1-19-14(18)7-6-10(12(16)8-14)13(17)9-4-2-3-5-11(9)15/h2-7,15,17-18H,8H2,1H3. The van der Waals surface area contributed by atoms with Crippen LogP contribution in [0.3, 0.4) is 0 Å². The van der Waals surface area contributed by atoms with Crippen LogP contribution < -0.4 is 0 Å². The Labute approximate surface area is 110 Å². The molecule has 0 spiro atoms. The summed E-state index contributed by atoms with van der Waals surface area (Å²) in [6, 6.07) is 6.15. The maximum Gasteiger partial charge on any atom is 0.192 e. The first-order valence-electron chi connectivity index (χ1n) is 5.68. The highest BCUT2D eigenvalue weighted by molar-refractivity contribution is 6.05. The van der Waals surface area contributed by atoms with Crippen molar-refractivity contribution >= 4 is 11.5 Å². The fourth-order valence-corrected chi connectivity index (χ4v) is 1.86. The summed E-state index contributed by atoms with van der Waals surface area (Å²) in [6.07, 6.45) is 2.30. The van der Waals surface area contributed by atoms with Gasteiger partial charge in [-0.3, -0.25) is 4.79 Å². The zero-order valence-corrected chi connectivity index (χ0v) is 10.3. The molecular weight excluding hydrogens is 248 g/mol. The third kappa shape index (κ3) is 2.52. The van der Waals surface area contributed by atoms with Crippen LogP contribution in [0, 0.1) is 0 Å². The number of benzene rings is 1. The topological polar surface area (TPSA) is 87.0 Å². The van der Waals surface area contributed by atoms with Gasteiger partial charge in [-0.15, -0.1) is 0 Å². The van der Waals surface area contributed by atoms with E-state index in [0.717, 1.165) is 0 Å². The lowest BCUT2D eigenvalue weighted by atomic mass is 9.93. The van der Waals surface area contributed by atoms with E-state index in [9.17, 15) is 20.1 Å². The van der Waals surface area contributed by atoms with Crippen molar-refractivity contribution in [3.8, 4) is 5.75 Å². The maximum atomic E-state index is 11.9. The number of carbonyl (C=O) groups is 1. The van der Waals surface area contributed by atoms with Crippen molar-refractivity contribution in [2.24, 2.45) is 0 Å². The smallest absolute Gasteiger partial charge is 0.192 e. The molecule has 0 heterocycles. The molecule has 5 nitrogen and oxygen atoms in total. The number of ether oxygens (including phenoxy) is 1. The molecule has 1 aromatic carbocycles. The number of hydrogen-bond donors (Lipinski definition) is 3. The second-order valence-corrected chi connectivity index (χ2v) is 4.26. The molecule has 0 aromatic heterocycles. The van der Waals surface area contributed by atoms with Gasteiger partial charge in [0.05, 0.1) is 17.6 Å². The number of carbonyl (C=O) groups excluding carboxylic acids is 1. The second kappa shape index (κ2) is 4.87. The molecule has 19 heavy (non-hydrogen) atoms. The number of ketones is 1. The minimum Gasteiger partial charge on any atom is -0.507 e. The van der Waals surface area contributed by atoms with Gasteiger partial charge in [0.25, 0.3) is 0 Å². The number of allylic oxidation sites excluding steroid dienone is 2. The largest absolute Gasteiger partial charge is 0.507 e. The lowest BCUT2D eigenvalue weighted by Crippen LogP contribution is -2.34. The first-order chi connectivity index (χ1) is 8.97. The van der Waals surface area contributed by atoms with Gasteiger partial charge in [0.15, 0.2) is 11.6 Å². The molecule has 3 N–H and O–H groups in total. The number of para-hydroxylation sites is 1. The predicted octanol–water partition coefficient (Wildman–Crippen LogP) is 1.53. The van der Waals surface area contributed by atoms with Crippen LogP contribution in [0.25, 0.3) is 5.76 Å². The Morgan fingerprint density at radius 1 is 1.37 bits per heavy atom. The number of aromatic hydroxyl groups is 1. The van der Waals surface area contributed by atoms with Crippen molar-refractivity contribution in [2.75, 3.05) is 7.11 Å². The highest BCUT2D eigenvalue weighted by Crippen LogP contribution is 2.30. The van der Waals surface area contributed by atoms with E-state index in [4.69, 9.17) is 4.74 Å². The van der Waals surface area contributed by atoms with E-state index in [1.807, 2.05) is 0 Å². The Bertz CT molecular complexity index is 573. The van der Waals surface area contributed by atoms with Crippen LogP contribution in [0.2, 0.25) is 0 Å². The van der Waals surface area contributed by atoms with Crippen molar-refractivity contribution < 1.29 is 24.9 Å². The molecule has 0 bridgehead atoms. The molecule has 2 rings (SSSR count). The number of aliphatic hydroxyl groups excluding tert-OH is 1. The number of hydrogen-bond acceptors (Lipinski definition) is 5. The summed E-state index contributed by atoms with van der Waals surface area (Å²) in [5.41, 5.74) is 0.196. The van der Waals surface area contributed by atoms with E-state index in [1.54, 1.807) is 12.1 Å². The van der Waals surface area contributed by atoms with Crippen molar-refractivity contribution in [2.45, 2.75) is 12.2 Å². The Kier molecular flexibility index (Phi) is 3.42. The summed E-state index contributed by atoms with van der Waals surface area (Å²) in [4.78, 5) is 11.9. The molecule has 1 aliphatic rings. The third-order valence-electron chi connectivity index (χ3n) is 2.99. The average Bonchev–Trinajstić information content (AvgIpc) is 2.39. The molecule has 5 heteroatoms. The van der Waals surface area contributed by atoms with Crippen molar-refractivity contribution in [3.63, 3.8) is 0 Å². The van der Waals surface area contributed by atoms with Gasteiger partial charge in [0, 0.05) is 7.11 Å². The van der Waals surface area contributed by atoms with E-state index < -0.39 is 11.6 Å². The van der Waals surface area contributed by atoms with E-state index in [1.165, 1.54) is 31.4 Å². The van der Waals surface area contributed by atoms with E-state index in [2.05, 4.69) is 0 Å². The molecule has 100 valence electrons. The molecule has 0 radical (unpaired) electrons. The Hall–Kier alpha value is -2.11. The van der Waals surface area contributed by atoms with Crippen molar-refractivity contribution in [1.82, 2.24) is 0 Å². The lowest BCUT2D eigenvalue weighted by molar-refractivity contribution is -0.160. The molecule has 0 saturated heterocycles. The molecular formula is C14H14O5. The SMILES string of the molecule is COC1(O)C=CC(=C(O)c2ccccc2O)C(=O)C1. The monoisotopic (exact) mass is 262 g/mol. The van der Waals surface area contributed by atoms with Gasteiger partial charge >= 0.3 is 0 Å². The summed E-state index contributed by atoms with van der Waals surface area (Å²) in [5.74, 6) is -2.55. The summed E-state index contributed by atoms with van der Waals surface area (Å²) in [5, 5.41) is 29.5. The molecule has 0 fully saturated rings. The van der Waals surface area contributed by atoms with Gasteiger partial charge in [-0.1, -0.05) is 12.1 Å². The summed E-state index contributed by atoms with van der Waals surface area (Å²) < 4.78 is 4.80.